The van der Waals surface area contributed by atoms with E-state index in [2.05, 4.69) is 15.1 Å². The van der Waals surface area contributed by atoms with Crippen LogP contribution in [0.3, 0.4) is 0 Å². The van der Waals surface area contributed by atoms with Crippen LogP contribution in [-0.2, 0) is 0 Å². The van der Waals surface area contributed by atoms with Crippen LogP contribution in [0.25, 0.3) is 5.69 Å². The van der Waals surface area contributed by atoms with Crippen molar-refractivity contribution in [3.05, 3.63) is 66.5 Å². The molecule has 7 heteroatoms. The summed E-state index contributed by atoms with van der Waals surface area (Å²) in [5.41, 5.74) is 2.34. The number of benzene rings is 2. The molecule has 0 unspecified atom stereocenters. The summed E-state index contributed by atoms with van der Waals surface area (Å²) in [6.45, 7) is 2.88. The van der Waals surface area contributed by atoms with E-state index in [1.165, 1.54) is 11.0 Å². The smallest absolute Gasteiger partial charge is 0.276 e. The van der Waals surface area contributed by atoms with Gasteiger partial charge in [-0.3, -0.25) is 4.79 Å². The molecule has 0 saturated carbocycles. The predicted octanol–water partition coefficient (Wildman–Crippen LogP) is 2.24. The molecule has 0 aliphatic carbocycles. The second-order valence-corrected chi connectivity index (χ2v) is 6.33. The molecule has 0 spiro atoms. The maximum absolute atomic E-state index is 12.7. The number of carbonyl (C=O) groups excluding carboxylic acids is 1. The molecular formula is C20H21N5O2. The van der Waals surface area contributed by atoms with Crippen LogP contribution in [0, 0.1) is 0 Å². The molecule has 0 bridgehead atoms. The summed E-state index contributed by atoms with van der Waals surface area (Å²) in [6, 6.07) is 17.6. The van der Waals surface area contributed by atoms with E-state index in [0.29, 0.717) is 18.8 Å². The van der Waals surface area contributed by atoms with Gasteiger partial charge in [0.05, 0.1) is 19.0 Å². The molecule has 1 amide bonds. The van der Waals surface area contributed by atoms with Crippen molar-refractivity contribution in [2.45, 2.75) is 0 Å². The highest BCUT2D eigenvalue weighted by Crippen LogP contribution is 2.21. The number of aromatic nitrogens is 3. The van der Waals surface area contributed by atoms with E-state index in [1.807, 2.05) is 59.5 Å². The van der Waals surface area contributed by atoms with Crippen LogP contribution in [0.2, 0.25) is 0 Å². The van der Waals surface area contributed by atoms with E-state index >= 15 is 0 Å². The number of piperazine rings is 1. The minimum Gasteiger partial charge on any atom is -0.497 e. The Morgan fingerprint density at radius 2 is 1.63 bits per heavy atom. The van der Waals surface area contributed by atoms with Crippen molar-refractivity contribution in [1.82, 2.24) is 19.9 Å². The topological polar surface area (TPSA) is 63.5 Å². The van der Waals surface area contributed by atoms with E-state index in [4.69, 9.17) is 4.74 Å². The molecule has 3 aromatic rings. The van der Waals surface area contributed by atoms with Gasteiger partial charge in [-0.1, -0.05) is 18.2 Å². The Labute approximate surface area is 157 Å². The Balaban J connectivity index is 1.39. The molecule has 1 aliphatic rings. The van der Waals surface area contributed by atoms with Gasteiger partial charge in [-0.05, 0) is 36.4 Å². The zero-order valence-corrected chi connectivity index (χ0v) is 15.2. The second-order valence-electron chi connectivity index (χ2n) is 6.33. The van der Waals surface area contributed by atoms with Crippen LogP contribution in [0.1, 0.15) is 10.5 Å². The number of carbonyl (C=O) groups is 1. The first-order chi connectivity index (χ1) is 13.2. The Morgan fingerprint density at radius 1 is 0.926 bits per heavy atom. The molecule has 2 aromatic carbocycles. The summed E-state index contributed by atoms with van der Waals surface area (Å²) in [6.07, 6.45) is 1.53. The first-order valence-corrected chi connectivity index (χ1v) is 8.90. The van der Waals surface area contributed by atoms with Gasteiger partial charge in [0, 0.05) is 31.9 Å². The lowest BCUT2D eigenvalue weighted by molar-refractivity contribution is 0.0740. The van der Waals surface area contributed by atoms with Crippen LogP contribution in [0.5, 0.6) is 5.75 Å². The van der Waals surface area contributed by atoms with Crippen molar-refractivity contribution in [3.63, 3.8) is 0 Å². The van der Waals surface area contributed by atoms with E-state index in [-0.39, 0.29) is 5.91 Å². The van der Waals surface area contributed by atoms with E-state index in [0.717, 1.165) is 30.2 Å². The number of anilines is 1. The predicted molar refractivity (Wildman–Crippen MR) is 102 cm³/mol. The van der Waals surface area contributed by atoms with Gasteiger partial charge in [0.2, 0.25) is 0 Å². The molecule has 138 valence electrons. The maximum Gasteiger partial charge on any atom is 0.276 e. The summed E-state index contributed by atoms with van der Waals surface area (Å²) in [5, 5.41) is 8.56. The Hall–Kier alpha value is -3.35. The van der Waals surface area contributed by atoms with Crippen molar-refractivity contribution in [2.75, 3.05) is 38.2 Å². The Morgan fingerprint density at radius 3 is 2.30 bits per heavy atom. The fourth-order valence-corrected chi connectivity index (χ4v) is 3.17. The third-order valence-electron chi connectivity index (χ3n) is 4.70. The summed E-state index contributed by atoms with van der Waals surface area (Å²) in [7, 11) is 1.66. The number of rotatable bonds is 4. The average Bonchev–Trinajstić information content (AvgIpc) is 3.24. The number of nitrogens with zero attached hydrogens (tertiary/aromatic N) is 5. The third kappa shape index (κ3) is 3.62. The lowest BCUT2D eigenvalue weighted by Gasteiger charge is -2.35. The molecule has 0 N–H and O–H groups in total. The number of hydrogen-bond acceptors (Lipinski definition) is 5. The molecule has 27 heavy (non-hydrogen) atoms. The third-order valence-corrected chi connectivity index (χ3v) is 4.70. The summed E-state index contributed by atoms with van der Waals surface area (Å²) in [5.74, 6) is 0.764. The van der Waals surface area contributed by atoms with Crippen LogP contribution in [0.15, 0.2) is 60.8 Å². The Bertz CT molecular complexity index is 900. The minimum atomic E-state index is -0.0773. The van der Waals surface area contributed by atoms with Crippen LogP contribution in [-0.4, -0.2) is 59.1 Å². The molecule has 1 aliphatic heterocycles. The molecular weight excluding hydrogens is 342 g/mol. The lowest BCUT2D eigenvalue weighted by atomic mass is 10.2. The van der Waals surface area contributed by atoms with Crippen LogP contribution >= 0.6 is 0 Å². The van der Waals surface area contributed by atoms with Crippen molar-refractivity contribution < 1.29 is 9.53 Å². The van der Waals surface area contributed by atoms with Gasteiger partial charge >= 0.3 is 0 Å². The van der Waals surface area contributed by atoms with E-state index in [1.54, 1.807) is 7.11 Å². The standard InChI is InChI=1S/C20H21N5O2/c1-27-18-9-7-16(8-10-18)23-11-13-24(14-12-23)20(26)19-15-21-25(22-19)17-5-3-2-4-6-17/h2-10,15H,11-14H2,1H3. The zero-order chi connectivity index (χ0) is 18.6. The highest BCUT2D eigenvalue weighted by atomic mass is 16.5. The van der Waals surface area contributed by atoms with Crippen molar-refractivity contribution in [2.24, 2.45) is 0 Å². The summed E-state index contributed by atoms with van der Waals surface area (Å²) < 4.78 is 5.20. The lowest BCUT2D eigenvalue weighted by Crippen LogP contribution is -2.48. The van der Waals surface area contributed by atoms with Crippen LogP contribution < -0.4 is 9.64 Å². The molecule has 7 nitrogen and oxygen atoms in total. The van der Waals surface area contributed by atoms with Crippen molar-refractivity contribution >= 4 is 11.6 Å². The second kappa shape index (κ2) is 7.49. The molecule has 4 rings (SSSR count). The van der Waals surface area contributed by atoms with Gasteiger partial charge in [0.25, 0.3) is 5.91 Å². The molecule has 0 radical (unpaired) electrons. The fourth-order valence-electron chi connectivity index (χ4n) is 3.17. The van der Waals surface area contributed by atoms with Gasteiger partial charge < -0.3 is 14.5 Å². The number of para-hydroxylation sites is 1. The highest BCUT2D eigenvalue weighted by Gasteiger charge is 2.24. The van der Waals surface area contributed by atoms with Crippen LogP contribution in [0.4, 0.5) is 5.69 Å². The van der Waals surface area contributed by atoms with Gasteiger partial charge in [0.1, 0.15) is 5.75 Å². The first kappa shape index (κ1) is 17.1. The number of amides is 1. The van der Waals surface area contributed by atoms with Gasteiger partial charge in [-0.2, -0.15) is 9.90 Å². The number of methoxy groups -OCH3 is 1. The monoisotopic (exact) mass is 363 g/mol. The first-order valence-electron chi connectivity index (χ1n) is 8.90. The molecule has 0 atom stereocenters. The molecule has 1 aromatic heterocycles. The summed E-state index contributed by atoms with van der Waals surface area (Å²) in [4.78, 5) is 18.3. The molecule has 2 heterocycles. The molecule has 1 fully saturated rings. The minimum absolute atomic E-state index is 0.0773. The van der Waals surface area contributed by atoms with E-state index in [9.17, 15) is 4.79 Å². The van der Waals surface area contributed by atoms with E-state index < -0.39 is 0 Å². The molecule has 1 saturated heterocycles. The SMILES string of the molecule is COc1ccc(N2CCN(C(=O)c3cnn(-c4ccccc4)n3)CC2)cc1. The van der Waals surface area contributed by atoms with Gasteiger partial charge in [-0.25, -0.2) is 0 Å². The maximum atomic E-state index is 12.7. The summed E-state index contributed by atoms with van der Waals surface area (Å²) >= 11 is 0. The van der Waals surface area contributed by atoms with Crippen molar-refractivity contribution in [3.8, 4) is 11.4 Å². The van der Waals surface area contributed by atoms with Crippen molar-refractivity contribution in [1.29, 1.82) is 0 Å². The fraction of sp³-hybridized carbons (Fsp3) is 0.250. The quantitative estimate of drug-likeness (QED) is 0.711. The number of ether oxygens (including phenoxy) is 1. The van der Waals surface area contributed by atoms with Gasteiger partial charge in [0.15, 0.2) is 5.69 Å². The van der Waals surface area contributed by atoms with Gasteiger partial charge in [-0.15, -0.1) is 5.10 Å². The normalized spacial score (nSPS) is 14.3. The zero-order valence-electron chi connectivity index (χ0n) is 15.2. The highest BCUT2D eigenvalue weighted by molar-refractivity contribution is 5.92. The number of hydrogen-bond donors (Lipinski definition) is 0. The largest absolute Gasteiger partial charge is 0.497 e. The Kier molecular flexibility index (Phi) is 4.74. The average molecular weight is 363 g/mol.